The van der Waals surface area contributed by atoms with Crippen LogP contribution < -0.4 is 9.80 Å². The lowest BCUT2D eigenvalue weighted by Crippen LogP contribution is -2.47. The predicted octanol–water partition coefficient (Wildman–Crippen LogP) is 7.06. The number of carbonyl (C=O) groups is 2. The number of benzene rings is 3. The summed E-state index contributed by atoms with van der Waals surface area (Å²) in [6.45, 7) is 3.46. The quantitative estimate of drug-likeness (QED) is 0.196. The number of aromatic nitrogens is 2. The first kappa shape index (κ1) is 28.6. The standard InChI is InChI=1S/C33H25F3N6O2/c1-32(2)30(43)42(26-8-7-23(20-37)27(19-26)33(34,35)36)31(44)41(32)16-15-40(24-9-11-28-21(17-24)5-3-13-38-28)25-10-12-29-22(18-25)6-4-14-39-29/h3-14,17-19H,15-16H2,1-2H3. The van der Waals surface area contributed by atoms with E-state index in [-0.39, 0.29) is 18.8 Å². The van der Waals surface area contributed by atoms with Crippen molar-refractivity contribution >= 4 is 50.8 Å². The van der Waals surface area contributed by atoms with Gasteiger partial charge in [0.25, 0.3) is 5.91 Å². The molecule has 5 aromatic rings. The van der Waals surface area contributed by atoms with Crippen molar-refractivity contribution in [2.24, 2.45) is 0 Å². The van der Waals surface area contributed by atoms with Gasteiger partial charge in [0.05, 0.1) is 33.9 Å². The number of halogens is 3. The van der Waals surface area contributed by atoms with Crippen LogP contribution in [-0.4, -0.2) is 45.4 Å². The minimum atomic E-state index is -4.84. The van der Waals surface area contributed by atoms with Crippen molar-refractivity contribution in [1.82, 2.24) is 14.9 Å². The smallest absolute Gasteiger partial charge is 0.340 e. The van der Waals surface area contributed by atoms with Gasteiger partial charge < -0.3 is 9.80 Å². The van der Waals surface area contributed by atoms with E-state index in [4.69, 9.17) is 0 Å². The van der Waals surface area contributed by atoms with Crippen LogP contribution in [0.5, 0.6) is 0 Å². The molecule has 0 atom stereocenters. The molecule has 0 aliphatic carbocycles. The number of carbonyl (C=O) groups excluding carboxylic acids is 2. The largest absolute Gasteiger partial charge is 0.417 e. The molecule has 3 heterocycles. The normalized spacial score (nSPS) is 14.8. The van der Waals surface area contributed by atoms with E-state index in [1.807, 2.05) is 65.6 Å². The summed E-state index contributed by atoms with van der Waals surface area (Å²) in [6.07, 6.45) is -1.41. The molecule has 0 spiro atoms. The van der Waals surface area contributed by atoms with E-state index in [2.05, 4.69) is 9.97 Å². The fourth-order valence-electron chi connectivity index (χ4n) is 5.51. The number of urea groups is 1. The third-order valence-electron chi connectivity index (χ3n) is 7.85. The van der Waals surface area contributed by atoms with Crippen LogP contribution in [0, 0.1) is 11.3 Å². The van der Waals surface area contributed by atoms with Crippen LogP contribution >= 0.6 is 0 Å². The average molecular weight is 595 g/mol. The molecule has 3 aromatic carbocycles. The Morgan fingerprint density at radius 1 is 0.864 bits per heavy atom. The first-order valence-corrected chi connectivity index (χ1v) is 13.7. The highest BCUT2D eigenvalue weighted by molar-refractivity contribution is 6.23. The minimum Gasteiger partial charge on any atom is -0.340 e. The highest BCUT2D eigenvalue weighted by atomic mass is 19.4. The van der Waals surface area contributed by atoms with Crippen LogP contribution in [0.3, 0.4) is 0 Å². The van der Waals surface area contributed by atoms with Crippen molar-refractivity contribution < 1.29 is 22.8 Å². The molecule has 1 fully saturated rings. The van der Waals surface area contributed by atoms with Gasteiger partial charge in [-0.25, -0.2) is 9.69 Å². The van der Waals surface area contributed by atoms with E-state index >= 15 is 0 Å². The van der Waals surface area contributed by atoms with Crippen molar-refractivity contribution in [1.29, 1.82) is 5.26 Å². The summed E-state index contributed by atoms with van der Waals surface area (Å²) in [6, 6.07) is 22.8. The molecule has 3 amide bonds. The molecule has 2 aromatic heterocycles. The Morgan fingerprint density at radius 2 is 1.45 bits per heavy atom. The summed E-state index contributed by atoms with van der Waals surface area (Å²) in [7, 11) is 0. The molecule has 1 saturated heterocycles. The predicted molar refractivity (Wildman–Crippen MR) is 160 cm³/mol. The second-order valence-electron chi connectivity index (χ2n) is 10.9. The number of alkyl halides is 3. The average Bonchev–Trinajstić information content (AvgIpc) is 3.18. The summed E-state index contributed by atoms with van der Waals surface area (Å²) in [5, 5.41) is 11.0. The second-order valence-corrected chi connectivity index (χ2v) is 10.9. The fraction of sp³-hybridized carbons (Fsp3) is 0.182. The van der Waals surface area contributed by atoms with Gasteiger partial charge in [-0.2, -0.15) is 18.4 Å². The molecular weight excluding hydrogens is 569 g/mol. The van der Waals surface area contributed by atoms with Gasteiger partial charge in [-0.05, 0) is 80.6 Å². The van der Waals surface area contributed by atoms with E-state index in [1.165, 1.54) is 17.0 Å². The summed E-state index contributed by atoms with van der Waals surface area (Å²) in [5.74, 6) is -0.666. The Kier molecular flexibility index (Phi) is 6.92. The second kappa shape index (κ2) is 10.6. The van der Waals surface area contributed by atoms with Crippen molar-refractivity contribution in [3.63, 3.8) is 0 Å². The Bertz CT molecular complexity index is 1910. The number of imide groups is 1. The molecule has 0 saturated carbocycles. The van der Waals surface area contributed by atoms with Crippen molar-refractivity contribution in [3.05, 3.63) is 102 Å². The molecule has 1 aliphatic rings. The molecule has 0 unspecified atom stereocenters. The maximum atomic E-state index is 13.7. The summed E-state index contributed by atoms with van der Waals surface area (Å²) < 4.78 is 41.1. The number of nitrogens with zero attached hydrogens (tertiary/aromatic N) is 6. The van der Waals surface area contributed by atoms with Gasteiger partial charge >= 0.3 is 12.2 Å². The molecule has 11 heteroatoms. The Labute approximate surface area is 250 Å². The molecule has 1 aliphatic heterocycles. The molecule has 6 rings (SSSR count). The minimum absolute atomic E-state index is 0.0760. The third-order valence-corrected chi connectivity index (χ3v) is 7.85. The first-order chi connectivity index (χ1) is 21.0. The van der Waals surface area contributed by atoms with E-state index < -0.39 is 34.8 Å². The highest BCUT2D eigenvalue weighted by Gasteiger charge is 2.52. The molecular formula is C33H25F3N6O2. The molecule has 0 radical (unpaired) electrons. The number of hydrogen-bond donors (Lipinski definition) is 0. The summed E-state index contributed by atoms with van der Waals surface area (Å²) in [5.41, 5.74) is -0.126. The van der Waals surface area contributed by atoms with Gasteiger partial charge in [0.15, 0.2) is 0 Å². The number of nitriles is 1. The van der Waals surface area contributed by atoms with Gasteiger partial charge in [0, 0.05) is 47.6 Å². The molecule has 0 N–H and O–H groups in total. The van der Waals surface area contributed by atoms with Crippen molar-refractivity contribution in [2.45, 2.75) is 25.6 Å². The fourth-order valence-corrected chi connectivity index (χ4v) is 5.51. The maximum absolute atomic E-state index is 13.7. The number of rotatable bonds is 6. The van der Waals surface area contributed by atoms with Crippen molar-refractivity contribution in [3.8, 4) is 6.07 Å². The lowest BCUT2D eigenvalue weighted by molar-refractivity contribution is -0.137. The number of hydrogen-bond acceptors (Lipinski definition) is 6. The monoisotopic (exact) mass is 594 g/mol. The van der Waals surface area contributed by atoms with Crippen LogP contribution in [0.4, 0.5) is 35.0 Å². The van der Waals surface area contributed by atoms with Crippen LogP contribution in [0.25, 0.3) is 21.8 Å². The van der Waals surface area contributed by atoms with Gasteiger partial charge in [-0.3, -0.25) is 14.8 Å². The van der Waals surface area contributed by atoms with E-state index in [0.717, 1.165) is 44.1 Å². The van der Waals surface area contributed by atoms with E-state index in [1.54, 1.807) is 26.2 Å². The molecule has 8 nitrogen and oxygen atoms in total. The zero-order valence-electron chi connectivity index (χ0n) is 23.7. The van der Waals surface area contributed by atoms with Gasteiger partial charge in [-0.15, -0.1) is 0 Å². The highest BCUT2D eigenvalue weighted by Crippen LogP contribution is 2.38. The van der Waals surface area contributed by atoms with Crippen LogP contribution in [0.1, 0.15) is 25.0 Å². The van der Waals surface area contributed by atoms with Crippen molar-refractivity contribution in [2.75, 3.05) is 22.9 Å². The molecule has 0 bridgehead atoms. The zero-order valence-corrected chi connectivity index (χ0v) is 23.7. The number of fused-ring (bicyclic) bond motifs is 2. The summed E-state index contributed by atoms with van der Waals surface area (Å²) in [4.78, 5) is 40.2. The molecule has 220 valence electrons. The topological polar surface area (TPSA) is 93.4 Å². The zero-order chi connectivity index (χ0) is 31.2. The van der Waals surface area contributed by atoms with Gasteiger partial charge in [-0.1, -0.05) is 12.1 Å². The van der Waals surface area contributed by atoms with Crippen LogP contribution in [0.2, 0.25) is 0 Å². The Balaban J connectivity index is 1.36. The van der Waals surface area contributed by atoms with Crippen LogP contribution in [0.15, 0.2) is 91.3 Å². The lowest BCUT2D eigenvalue weighted by Gasteiger charge is -2.32. The van der Waals surface area contributed by atoms with Gasteiger partial charge in [0.1, 0.15) is 5.54 Å². The van der Waals surface area contributed by atoms with Crippen LogP contribution in [-0.2, 0) is 11.0 Å². The number of anilines is 3. The number of amides is 3. The van der Waals surface area contributed by atoms with E-state index in [9.17, 15) is 28.0 Å². The van der Waals surface area contributed by atoms with E-state index in [0.29, 0.717) is 6.07 Å². The number of pyridine rings is 2. The molecule has 44 heavy (non-hydrogen) atoms. The Morgan fingerprint density at radius 3 is 2.00 bits per heavy atom. The first-order valence-electron chi connectivity index (χ1n) is 13.7. The summed E-state index contributed by atoms with van der Waals surface area (Å²) >= 11 is 0. The van der Waals surface area contributed by atoms with Gasteiger partial charge in [0.2, 0.25) is 0 Å². The Hall–Kier alpha value is -5.50. The third kappa shape index (κ3) is 4.94. The lowest BCUT2D eigenvalue weighted by atomic mass is 10.0. The SMILES string of the molecule is CC1(C)C(=O)N(c2ccc(C#N)c(C(F)(F)F)c2)C(=O)N1CCN(c1ccc2ncccc2c1)c1ccc2ncccc2c1. The maximum Gasteiger partial charge on any atom is 0.417 e.